The summed E-state index contributed by atoms with van der Waals surface area (Å²) in [5, 5.41) is 13.4. The number of azo groups is 1. The van der Waals surface area contributed by atoms with Crippen LogP contribution in [-0.4, -0.2) is 19.1 Å². The first-order valence-electron chi connectivity index (χ1n) is 5.86. The number of nitrogens with zero attached hydrogens (tertiary/aromatic N) is 6. The minimum absolute atomic E-state index is 0. The molecule has 0 bridgehead atoms. The average molecular weight is 342 g/mol. The second-order valence-electron chi connectivity index (χ2n) is 4.05. The van der Waals surface area contributed by atoms with Crippen LogP contribution >= 0.6 is 23.1 Å². The van der Waals surface area contributed by atoms with Crippen molar-refractivity contribution >= 4 is 39.8 Å². The van der Waals surface area contributed by atoms with Crippen LogP contribution in [0.3, 0.4) is 0 Å². The van der Waals surface area contributed by atoms with Crippen molar-refractivity contribution in [2.45, 2.75) is 6.92 Å². The summed E-state index contributed by atoms with van der Waals surface area (Å²) in [6, 6.07) is 8.11. The summed E-state index contributed by atoms with van der Waals surface area (Å²) in [6.45, 7) is 1.81. The Kier molecular flexibility index (Phi) is 5.65. The van der Waals surface area contributed by atoms with Crippen LogP contribution in [0.1, 0.15) is 5.69 Å². The van der Waals surface area contributed by atoms with Crippen LogP contribution in [0.5, 0.6) is 0 Å². The number of aryl methyl sites for hydroxylation is 1. The number of halogens is 1. The van der Waals surface area contributed by atoms with E-state index in [0.29, 0.717) is 27.4 Å². The van der Waals surface area contributed by atoms with Crippen molar-refractivity contribution in [1.29, 1.82) is 0 Å². The molecule has 2 heterocycles. The van der Waals surface area contributed by atoms with Crippen LogP contribution in [0.4, 0.5) is 16.6 Å². The fraction of sp³-hybridized carbons (Fsp3) is 0.0833. The molecule has 22 heavy (non-hydrogen) atoms. The Hall–Kier alpha value is -1.32. The minimum Gasteiger partial charge on any atom is -0.383 e. The van der Waals surface area contributed by atoms with Crippen LogP contribution in [0.15, 0.2) is 34.8 Å². The largest absolute Gasteiger partial charge is 1.00 e. The molecule has 0 aliphatic carbocycles. The minimum atomic E-state index is 0. The maximum Gasteiger partial charge on any atom is 1.00 e. The molecule has 0 aliphatic heterocycles. The van der Waals surface area contributed by atoms with Gasteiger partial charge in [0, 0.05) is 11.5 Å². The zero-order chi connectivity index (χ0) is 14.8. The Labute approximate surface area is 157 Å². The standard InChI is InChI=1S/C12H9ClN7S.Na/c1-7-10(17-18-12-15-6-16-21-12)11(14)20(19-7)9-4-2-8(13)3-5-9;/h2,4-6H,14H2,1H3;/q-1;+1. The van der Waals surface area contributed by atoms with Crippen molar-refractivity contribution in [2.24, 2.45) is 10.2 Å². The van der Waals surface area contributed by atoms with Crippen molar-refractivity contribution in [1.82, 2.24) is 19.1 Å². The van der Waals surface area contributed by atoms with Crippen LogP contribution in [0.2, 0.25) is 5.02 Å². The van der Waals surface area contributed by atoms with Gasteiger partial charge in [0.05, 0.1) is 5.69 Å². The van der Waals surface area contributed by atoms with E-state index in [1.165, 1.54) is 6.33 Å². The molecule has 0 atom stereocenters. The molecule has 3 aromatic rings. The van der Waals surface area contributed by atoms with Gasteiger partial charge in [-0.15, -0.1) is 27.9 Å². The molecular weight excluding hydrogens is 333 g/mol. The molecule has 0 radical (unpaired) electrons. The number of nitrogen functional groups attached to an aromatic ring is 1. The molecule has 0 unspecified atom stereocenters. The molecule has 10 heteroatoms. The van der Waals surface area contributed by atoms with E-state index < -0.39 is 0 Å². The summed E-state index contributed by atoms with van der Waals surface area (Å²) in [7, 11) is 0. The second-order valence-corrected chi connectivity index (χ2v) is 5.22. The van der Waals surface area contributed by atoms with Crippen LogP contribution in [0.25, 0.3) is 5.69 Å². The fourth-order valence-electron chi connectivity index (χ4n) is 1.69. The Balaban J connectivity index is 0.00000176. The smallest absolute Gasteiger partial charge is 0.383 e. The third kappa shape index (κ3) is 3.53. The molecule has 0 aliphatic rings. The Morgan fingerprint density at radius 3 is 2.82 bits per heavy atom. The SMILES string of the molecule is Cc1nn(-c2c[c-]c(Cl)cc2)c(N)c1N=Nc1ncns1.[Na+]. The van der Waals surface area contributed by atoms with E-state index in [2.05, 4.69) is 30.8 Å². The molecule has 2 N–H and O–H groups in total. The summed E-state index contributed by atoms with van der Waals surface area (Å²) in [5.41, 5.74) is 7.99. The number of anilines is 1. The first kappa shape index (κ1) is 17.0. The van der Waals surface area contributed by atoms with Crippen molar-refractivity contribution in [2.75, 3.05) is 5.73 Å². The molecule has 3 rings (SSSR count). The molecule has 0 fully saturated rings. The number of aromatic nitrogens is 4. The molecule has 2 aromatic heterocycles. The summed E-state index contributed by atoms with van der Waals surface area (Å²) in [4.78, 5) is 3.92. The molecule has 0 spiro atoms. The monoisotopic (exact) mass is 341 g/mol. The van der Waals surface area contributed by atoms with Crippen molar-refractivity contribution < 1.29 is 29.6 Å². The molecular formula is C12H9ClN7NaS. The molecule has 7 nitrogen and oxygen atoms in total. The van der Waals surface area contributed by atoms with E-state index in [1.54, 1.807) is 29.8 Å². The molecule has 1 aromatic carbocycles. The van der Waals surface area contributed by atoms with E-state index in [0.717, 1.165) is 17.2 Å². The van der Waals surface area contributed by atoms with E-state index in [-0.39, 0.29) is 29.6 Å². The van der Waals surface area contributed by atoms with Gasteiger partial charge in [-0.25, -0.2) is 4.98 Å². The van der Waals surface area contributed by atoms with Crippen LogP contribution in [-0.2, 0) is 0 Å². The van der Waals surface area contributed by atoms with Gasteiger partial charge in [0.15, 0.2) is 0 Å². The number of hydrogen-bond acceptors (Lipinski definition) is 7. The Morgan fingerprint density at radius 2 is 2.18 bits per heavy atom. The summed E-state index contributed by atoms with van der Waals surface area (Å²) in [6.07, 6.45) is 1.42. The van der Waals surface area contributed by atoms with Crippen LogP contribution in [0, 0.1) is 13.0 Å². The Bertz CT molecular complexity index is 783. The average Bonchev–Trinajstić information content (AvgIpc) is 3.07. The van der Waals surface area contributed by atoms with E-state index >= 15 is 0 Å². The van der Waals surface area contributed by atoms with Crippen molar-refractivity contribution in [3.05, 3.63) is 41.3 Å². The van der Waals surface area contributed by atoms with E-state index in [1.807, 2.05) is 0 Å². The van der Waals surface area contributed by atoms with Crippen LogP contribution < -0.4 is 35.3 Å². The topological polar surface area (TPSA) is 94.3 Å². The van der Waals surface area contributed by atoms with Gasteiger partial charge in [-0.05, 0) is 12.6 Å². The maximum absolute atomic E-state index is 6.08. The van der Waals surface area contributed by atoms with E-state index in [9.17, 15) is 0 Å². The number of benzene rings is 1. The van der Waals surface area contributed by atoms with Crippen molar-refractivity contribution in [3.63, 3.8) is 0 Å². The van der Waals surface area contributed by atoms with Gasteiger partial charge in [0.25, 0.3) is 0 Å². The van der Waals surface area contributed by atoms with E-state index in [4.69, 9.17) is 17.3 Å². The first-order valence-corrected chi connectivity index (χ1v) is 7.01. The number of rotatable bonds is 3. The Morgan fingerprint density at radius 1 is 1.36 bits per heavy atom. The van der Waals surface area contributed by atoms with Gasteiger partial charge < -0.3 is 5.73 Å². The zero-order valence-corrected chi connectivity index (χ0v) is 15.4. The third-order valence-electron chi connectivity index (χ3n) is 2.65. The molecule has 0 saturated carbocycles. The van der Waals surface area contributed by atoms with Gasteiger partial charge in [-0.1, -0.05) is 5.02 Å². The molecule has 0 amide bonds. The van der Waals surface area contributed by atoms with Gasteiger partial charge in [-0.3, -0.25) is 4.68 Å². The zero-order valence-electron chi connectivity index (χ0n) is 11.9. The van der Waals surface area contributed by atoms with Gasteiger partial charge >= 0.3 is 29.6 Å². The quantitative estimate of drug-likeness (QED) is 0.426. The molecule has 106 valence electrons. The second kappa shape index (κ2) is 7.30. The maximum atomic E-state index is 6.08. The molecule has 0 saturated heterocycles. The number of nitrogens with two attached hydrogens (primary N) is 1. The predicted molar refractivity (Wildman–Crippen MR) is 80.6 cm³/mol. The summed E-state index contributed by atoms with van der Waals surface area (Å²) in [5.74, 6) is 0.386. The first-order chi connectivity index (χ1) is 10.1. The summed E-state index contributed by atoms with van der Waals surface area (Å²) < 4.78 is 5.41. The normalized spacial score (nSPS) is 10.8. The third-order valence-corrected chi connectivity index (χ3v) is 3.44. The van der Waals surface area contributed by atoms with Gasteiger partial charge in [0.2, 0.25) is 5.13 Å². The predicted octanol–water partition coefficient (Wildman–Crippen LogP) is 0.487. The number of hydrogen-bond donors (Lipinski definition) is 1. The fourth-order valence-corrected chi connectivity index (χ4v) is 2.17. The van der Waals surface area contributed by atoms with Crippen molar-refractivity contribution in [3.8, 4) is 5.69 Å². The van der Waals surface area contributed by atoms with Gasteiger partial charge in [-0.2, -0.15) is 27.7 Å². The summed E-state index contributed by atoms with van der Waals surface area (Å²) >= 11 is 6.97. The van der Waals surface area contributed by atoms with Gasteiger partial charge in [0.1, 0.15) is 17.8 Å².